The molecule has 0 radical (unpaired) electrons. The number of carbonyl (C=O) groups excluding carboxylic acids is 2. The summed E-state index contributed by atoms with van der Waals surface area (Å²) in [6.07, 6.45) is 1.55. The number of hydrogen-bond acceptors (Lipinski definition) is 5. The molecule has 1 aliphatic heterocycles. The monoisotopic (exact) mass is 313 g/mol. The Bertz CT molecular complexity index is 781. The second-order valence-electron chi connectivity index (χ2n) is 6.82. The van der Waals surface area contributed by atoms with Gasteiger partial charge in [0.05, 0.1) is 5.57 Å². The molecule has 0 saturated heterocycles. The van der Waals surface area contributed by atoms with Crippen molar-refractivity contribution in [3.8, 4) is 0 Å². The van der Waals surface area contributed by atoms with Crippen LogP contribution in [0.3, 0.4) is 0 Å². The second-order valence-corrected chi connectivity index (χ2v) is 6.82. The van der Waals surface area contributed by atoms with Gasteiger partial charge < -0.3 is 15.1 Å². The minimum Gasteiger partial charge on any atom is -0.372 e. The van der Waals surface area contributed by atoms with E-state index in [1.807, 2.05) is 13.8 Å². The average molecular weight is 313 g/mol. The highest BCUT2D eigenvalue weighted by atomic mass is 16.4. The predicted octanol–water partition coefficient (Wildman–Crippen LogP) is 1.49. The van der Waals surface area contributed by atoms with Crippen LogP contribution >= 0.6 is 0 Å². The number of Topliss-reactive ketones (excluding diaryl/α,β-unsaturated/α-hetero) is 2. The fraction of sp³-hybridized carbons (Fsp3) is 0.444. The quantitative estimate of drug-likeness (QED) is 0.821. The number of allylic oxidation sites excluding steroid dienone is 1. The zero-order valence-electron chi connectivity index (χ0n) is 13.2. The van der Waals surface area contributed by atoms with E-state index in [-0.39, 0.29) is 23.0 Å². The average Bonchev–Trinajstić information content (AvgIpc) is 2.83. The lowest BCUT2D eigenvalue weighted by Crippen LogP contribution is -2.59. The molecule has 2 N–H and O–H groups in total. The molecule has 1 heterocycles. The smallest absolute Gasteiger partial charge is 0.210 e. The van der Waals surface area contributed by atoms with Crippen LogP contribution in [0.25, 0.3) is 0 Å². The molecular weight excluding hydrogens is 294 g/mol. The van der Waals surface area contributed by atoms with E-state index >= 15 is 0 Å². The Balaban J connectivity index is 2.08. The lowest BCUT2D eigenvalue weighted by molar-refractivity contribution is -0.180. The summed E-state index contributed by atoms with van der Waals surface area (Å²) in [5, 5.41) is 22.9. The molecule has 0 spiro atoms. The van der Waals surface area contributed by atoms with Crippen LogP contribution in [0.15, 0.2) is 35.5 Å². The number of fused-ring (bicyclic) bond motifs is 4. The van der Waals surface area contributed by atoms with Crippen molar-refractivity contribution in [3.63, 3.8) is 0 Å². The van der Waals surface area contributed by atoms with Crippen molar-refractivity contribution in [2.75, 3.05) is 0 Å². The highest BCUT2D eigenvalue weighted by Gasteiger charge is 2.73. The highest BCUT2D eigenvalue weighted by Crippen LogP contribution is 2.59. The third-order valence-corrected chi connectivity index (χ3v) is 5.28. The minimum absolute atomic E-state index is 0.0983. The van der Waals surface area contributed by atoms with Gasteiger partial charge in [-0.1, -0.05) is 24.3 Å². The van der Waals surface area contributed by atoms with Gasteiger partial charge in [-0.25, -0.2) is 0 Å². The summed E-state index contributed by atoms with van der Waals surface area (Å²) < 4.78 is 0. The van der Waals surface area contributed by atoms with Crippen LogP contribution in [0.5, 0.6) is 0 Å². The third-order valence-electron chi connectivity index (χ3n) is 5.28. The molecule has 5 nitrogen and oxygen atoms in total. The maximum Gasteiger partial charge on any atom is 0.210 e. The molecule has 1 aromatic carbocycles. The van der Waals surface area contributed by atoms with Gasteiger partial charge in [0.15, 0.2) is 5.78 Å². The van der Waals surface area contributed by atoms with E-state index in [0.29, 0.717) is 30.5 Å². The third kappa shape index (κ3) is 1.41. The number of nitrogens with zero attached hydrogens (tertiary/aromatic N) is 1. The first-order valence-corrected chi connectivity index (χ1v) is 8.00. The SMILES string of the molecule is CC(C)N1C2=C(C(=O)CCC2)C2(O)C(=O)c3ccccc3C12O. The van der Waals surface area contributed by atoms with E-state index < -0.39 is 17.1 Å². The van der Waals surface area contributed by atoms with Gasteiger partial charge in [-0.05, 0) is 26.7 Å². The molecule has 1 aromatic rings. The fourth-order valence-corrected chi connectivity index (χ4v) is 4.48. The second kappa shape index (κ2) is 4.30. The van der Waals surface area contributed by atoms with Gasteiger partial charge in [-0.3, -0.25) is 9.59 Å². The molecule has 2 aliphatic carbocycles. The molecule has 2 atom stereocenters. The van der Waals surface area contributed by atoms with Crippen LogP contribution < -0.4 is 0 Å². The summed E-state index contributed by atoms with van der Waals surface area (Å²) in [7, 11) is 0. The van der Waals surface area contributed by atoms with E-state index in [1.54, 1.807) is 29.2 Å². The van der Waals surface area contributed by atoms with Crippen molar-refractivity contribution in [1.82, 2.24) is 4.90 Å². The molecule has 0 aromatic heterocycles. The molecule has 23 heavy (non-hydrogen) atoms. The van der Waals surface area contributed by atoms with Crippen molar-refractivity contribution in [3.05, 3.63) is 46.7 Å². The standard InChI is InChI=1S/C18H19NO4/c1-10(2)19-13-8-5-9-14(20)15(13)17(22)16(21)11-6-3-4-7-12(11)18(17,19)23/h3-4,6-7,10,22-23H,5,8-9H2,1-2H3. The molecule has 0 saturated carbocycles. The molecule has 0 amide bonds. The molecule has 2 unspecified atom stereocenters. The normalized spacial score (nSPS) is 32.5. The fourth-order valence-electron chi connectivity index (χ4n) is 4.48. The van der Waals surface area contributed by atoms with Gasteiger partial charge in [0.2, 0.25) is 17.1 Å². The van der Waals surface area contributed by atoms with E-state index in [4.69, 9.17) is 0 Å². The summed E-state index contributed by atoms with van der Waals surface area (Å²) in [4.78, 5) is 27.1. The summed E-state index contributed by atoms with van der Waals surface area (Å²) in [5.41, 5.74) is -2.73. The van der Waals surface area contributed by atoms with Crippen molar-refractivity contribution >= 4 is 11.6 Å². The molecular formula is C18H19NO4. The highest BCUT2D eigenvalue weighted by molar-refractivity contribution is 6.18. The molecule has 0 bridgehead atoms. The van der Waals surface area contributed by atoms with Crippen molar-refractivity contribution in [2.45, 2.75) is 50.5 Å². The maximum atomic E-state index is 13.0. The first kappa shape index (κ1) is 14.6. The summed E-state index contributed by atoms with van der Waals surface area (Å²) in [5.74, 6) is -0.821. The van der Waals surface area contributed by atoms with Gasteiger partial charge >= 0.3 is 0 Å². The summed E-state index contributed by atoms with van der Waals surface area (Å²) >= 11 is 0. The van der Waals surface area contributed by atoms with Crippen molar-refractivity contribution in [1.29, 1.82) is 0 Å². The lowest BCUT2D eigenvalue weighted by Gasteiger charge is -2.42. The molecule has 5 heteroatoms. The zero-order chi connectivity index (χ0) is 16.6. The van der Waals surface area contributed by atoms with Crippen molar-refractivity contribution in [2.24, 2.45) is 0 Å². The first-order chi connectivity index (χ1) is 10.8. The Labute approximate surface area is 134 Å². The number of carbonyl (C=O) groups is 2. The van der Waals surface area contributed by atoms with Crippen molar-refractivity contribution < 1.29 is 19.8 Å². The number of aliphatic hydroxyl groups is 2. The predicted molar refractivity (Wildman–Crippen MR) is 82.5 cm³/mol. The number of rotatable bonds is 1. The molecule has 0 fully saturated rings. The zero-order valence-corrected chi connectivity index (χ0v) is 13.2. The van der Waals surface area contributed by atoms with Gasteiger partial charge in [-0.2, -0.15) is 0 Å². The van der Waals surface area contributed by atoms with Crippen LogP contribution in [0.1, 0.15) is 49.0 Å². The first-order valence-electron chi connectivity index (χ1n) is 8.00. The summed E-state index contributed by atoms with van der Waals surface area (Å²) in [6.45, 7) is 3.78. The topological polar surface area (TPSA) is 77.8 Å². The van der Waals surface area contributed by atoms with Crippen LogP contribution in [0.2, 0.25) is 0 Å². The van der Waals surface area contributed by atoms with Gasteiger partial charge in [0.25, 0.3) is 0 Å². The Morgan fingerprint density at radius 3 is 2.52 bits per heavy atom. The Kier molecular flexibility index (Phi) is 2.73. The van der Waals surface area contributed by atoms with E-state index in [1.165, 1.54) is 0 Å². The Morgan fingerprint density at radius 1 is 1.13 bits per heavy atom. The molecule has 3 aliphatic rings. The number of benzene rings is 1. The summed E-state index contributed by atoms with van der Waals surface area (Å²) in [6, 6.07) is 6.51. The van der Waals surface area contributed by atoms with Gasteiger partial charge in [-0.15, -0.1) is 0 Å². The van der Waals surface area contributed by atoms with Crippen LogP contribution in [-0.2, 0) is 10.5 Å². The number of ketones is 2. The van der Waals surface area contributed by atoms with E-state index in [2.05, 4.69) is 0 Å². The largest absolute Gasteiger partial charge is 0.372 e. The van der Waals surface area contributed by atoms with E-state index in [0.717, 1.165) is 0 Å². The van der Waals surface area contributed by atoms with Crippen LogP contribution in [0.4, 0.5) is 0 Å². The Hall–Kier alpha value is -1.98. The molecule has 4 rings (SSSR count). The lowest BCUT2D eigenvalue weighted by atomic mass is 9.80. The van der Waals surface area contributed by atoms with Gasteiger partial charge in [0, 0.05) is 29.3 Å². The number of hydrogen-bond donors (Lipinski definition) is 2. The van der Waals surface area contributed by atoms with Gasteiger partial charge in [0.1, 0.15) is 0 Å². The van der Waals surface area contributed by atoms with Crippen LogP contribution in [-0.4, -0.2) is 38.3 Å². The maximum absolute atomic E-state index is 13.0. The Morgan fingerprint density at radius 2 is 1.83 bits per heavy atom. The molecule has 120 valence electrons. The minimum atomic E-state index is -2.20. The van der Waals surface area contributed by atoms with E-state index in [9.17, 15) is 19.8 Å². The van der Waals surface area contributed by atoms with Crippen LogP contribution in [0, 0.1) is 0 Å².